The number of urea groups is 1. The number of amides is 2. The molecule has 25 heavy (non-hydrogen) atoms. The summed E-state index contributed by atoms with van der Waals surface area (Å²) in [5.74, 6) is -2.51. The number of methoxy groups -OCH3 is 1. The fourth-order valence-corrected chi connectivity index (χ4v) is 2.43. The second kappa shape index (κ2) is 6.99. The summed E-state index contributed by atoms with van der Waals surface area (Å²) >= 11 is 0. The van der Waals surface area contributed by atoms with Crippen LogP contribution in [0, 0.1) is 5.92 Å². The van der Waals surface area contributed by atoms with Crippen molar-refractivity contribution in [1.29, 1.82) is 0 Å². The van der Waals surface area contributed by atoms with Crippen molar-refractivity contribution >= 4 is 17.7 Å². The van der Waals surface area contributed by atoms with Gasteiger partial charge in [0.1, 0.15) is 5.92 Å². The molecule has 0 radical (unpaired) electrons. The van der Waals surface area contributed by atoms with Gasteiger partial charge in [0, 0.05) is 5.71 Å². The zero-order chi connectivity index (χ0) is 18.8. The molecule has 0 aliphatic carbocycles. The Balaban J connectivity index is 2.35. The predicted octanol–water partition coefficient (Wildman–Crippen LogP) is 2.35. The zero-order valence-electron chi connectivity index (χ0n) is 13.3. The van der Waals surface area contributed by atoms with E-state index in [1.165, 1.54) is 32.2 Å². The van der Waals surface area contributed by atoms with E-state index in [4.69, 9.17) is 4.74 Å². The number of carbonyl (C=O) groups is 2. The Morgan fingerprint density at radius 2 is 2.08 bits per heavy atom. The van der Waals surface area contributed by atoms with E-state index in [1.54, 1.807) is 0 Å². The molecule has 0 aromatic heterocycles. The van der Waals surface area contributed by atoms with Crippen LogP contribution in [0.3, 0.4) is 0 Å². The highest BCUT2D eigenvalue weighted by molar-refractivity contribution is 6.08. The SMILES string of the molecule is COc1cc(C2NC(=O)N=C(C)C2C(=O)OCC(F)(F)F)ccc1O. The van der Waals surface area contributed by atoms with Gasteiger partial charge in [-0.15, -0.1) is 0 Å². The summed E-state index contributed by atoms with van der Waals surface area (Å²) in [6.45, 7) is -0.391. The summed E-state index contributed by atoms with van der Waals surface area (Å²) in [7, 11) is 1.31. The molecular formula is C15H15F3N2O5. The summed E-state index contributed by atoms with van der Waals surface area (Å²) in [5, 5.41) is 12.0. The molecule has 2 unspecified atom stereocenters. The van der Waals surface area contributed by atoms with Gasteiger partial charge in [0.05, 0.1) is 13.2 Å². The Morgan fingerprint density at radius 1 is 1.40 bits per heavy atom. The first kappa shape index (κ1) is 18.6. The van der Waals surface area contributed by atoms with Crippen molar-refractivity contribution in [1.82, 2.24) is 5.32 Å². The fourth-order valence-electron chi connectivity index (χ4n) is 2.43. The van der Waals surface area contributed by atoms with Crippen LogP contribution in [0.4, 0.5) is 18.0 Å². The molecule has 0 saturated carbocycles. The van der Waals surface area contributed by atoms with E-state index in [9.17, 15) is 27.9 Å². The van der Waals surface area contributed by atoms with Gasteiger partial charge in [0.2, 0.25) is 0 Å². The third kappa shape index (κ3) is 4.40. The molecule has 0 spiro atoms. The molecule has 136 valence electrons. The molecule has 2 atom stereocenters. The highest BCUT2D eigenvalue weighted by Gasteiger charge is 2.40. The Kier molecular flexibility index (Phi) is 5.19. The topological polar surface area (TPSA) is 97.2 Å². The minimum absolute atomic E-state index is 0.0213. The van der Waals surface area contributed by atoms with Gasteiger partial charge in [-0.25, -0.2) is 9.79 Å². The standard InChI is InChI=1S/C15H15F3N2O5/c1-7-11(13(22)25-6-15(16,17)18)12(20-14(23)19-7)8-3-4-9(21)10(5-8)24-2/h3-5,11-12,21H,6H2,1-2H3,(H,20,23). The van der Waals surface area contributed by atoms with Crippen molar-refractivity contribution in [3.05, 3.63) is 23.8 Å². The Labute approximate surface area is 140 Å². The lowest BCUT2D eigenvalue weighted by atomic mass is 9.88. The number of carbonyl (C=O) groups excluding carboxylic acids is 2. The minimum Gasteiger partial charge on any atom is -0.504 e. The van der Waals surface area contributed by atoms with E-state index < -0.39 is 36.7 Å². The number of hydrogen-bond donors (Lipinski definition) is 2. The van der Waals surface area contributed by atoms with Crippen LogP contribution in [0.15, 0.2) is 23.2 Å². The quantitative estimate of drug-likeness (QED) is 0.804. The van der Waals surface area contributed by atoms with Crippen molar-refractivity contribution < 1.29 is 37.3 Å². The second-order valence-corrected chi connectivity index (χ2v) is 5.31. The number of halogens is 3. The van der Waals surface area contributed by atoms with Gasteiger partial charge in [-0.2, -0.15) is 13.2 Å². The highest BCUT2D eigenvalue weighted by atomic mass is 19.4. The maximum atomic E-state index is 12.3. The number of hydrogen-bond acceptors (Lipinski definition) is 5. The molecule has 10 heteroatoms. The largest absolute Gasteiger partial charge is 0.504 e. The van der Waals surface area contributed by atoms with Crippen LogP contribution in [-0.2, 0) is 9.53 Å². The van der Waals surface area contributed by atoms with Crippen molar-refractivity contribution in [2.45, 2.75) is 19.1 Å². The van der Waals surface area contributed by atoms with Crippen LogP contribution < -0.4 is 10.1 Å². The van der Waals surface area contributed by atoms with Gasteiger partial charge in [-0.1, -0.05) is 6.07 Å². The number of benzene rings is 1. The summed E-state index contributed by atoms with van der Waals surface area (Å²) < 4.78 is 46.1. The van der Waals surface area contributed by atoms with Crippen LogP contribution in [0.5, 0.6) is 11.5 Å². The van der Waals surface area contributed by atoms with Crippen LogP contribution in [0.2, 0.25) is 0 Å². The Morgan fingerprint density at radius 3 is 2.68 bits per heavy atom. The molecule has 1 heterocycles. The number of alkyl halides is 3. The minimum atomic E-state index is -4.67. The molecule has 0 bridgehead atoms. The van der Waals surface area contributed by atoms with Gasteiger partial charge in [0.25, 0.3) is 0 Å². The van der Waals surface area contributed by atoms with Gasteiger partial charge in [-0.05, 0) is 24.6 Å². The number of nitrogens with one attached hydrogen (secondary N) is 1. The normalized spacial score (nSPS) is 20.5. The average Bonchev–Trinajstić information content (AvgIpc) is 2.51. The maximum absolute atomic E-state index is 12.3. The van der Waals surface area contributed by atoms with Crippen LogP contribution >= 0.6 is 0 Å². The lowest BCUT2D eigenvalue weighted by Gasteiger charge is -2.30. The van der Waals surface area contributed by atoms with Crippen molar-refractivity contribution in [3.63, 3.8) is 0 Å². The number of nitrogens with zero attached hydrogens (tertiary/aromatic N) is 1. The molecule has 0 saturated heterocycles. The van der Waals surface area contributed by atoms with Crippen LogP contribution in [0.1, 0.15) is 18.5 Å². The third-order valence-corrected chi connectivity index (χ3v) is 3.54. The molecule has 2 amide bonds. The van der Waals surface area contributed by atoms with E-state index in [2.05, 4.69) is 15.0 Å². The molecule has 2 rings (SSSR count). The molecule has 1 aliphatic rings. The Hall–Kier alpha value is -2.78. The van der Waals surface area contributed by atoms with Gasteiger partial charge < -0.3 is 19.9 Å². The van der Waals surface area contributed by atoms with E-state index in [0.29, 0.717) is 5.56 Å². The van der Waals surface area contributed by atoms with E-state index in [0.717, 1.165) is 0 Å². The van der Waals surface area contributed by atoms with Crippen LogP contribution in [-0.4, -0.2) is 42.7 Å². The zero-order valence-corrected chi connectivity index (χ0v) is 13.3. The van der Waals surface area contributed by atoms with Crippen molar-refractivity contribution in [3.8, 4) is 11.5 Å². The highest BCUT2D eigenvalue weighted by Crippen LogP contribution is 2.34. The summed E-state index contributed by atoms with van der Waals surface area (Å²) in [4.78, 5) is 27.4. The van der Waals surface area contributed by atoms with E-state index in [1.807, 2.05) is 0 Å². The number of phenols is 1. The summed E-state index contributed by atoms with van der Waals surface area (Å²) in [5.41, 5.74) is 0.360. The van der Waals surface area contributed by atoms with Gasteiger partial charge in [0.15, 0.2) is 18.1 Å². The predicted molar refractivity (Wildman–Crippen MR) is 79.5 cm³/mol. The van der Waals surface area contributed by atoms with E-state index >= 15 is 0 Å². The molecule has 1 aromatic rings. The molecule has 0 fully saturated rings. The number of rotatable bonds is 4. The third-order valence-electron chi connectivity index (χ3n) is 3.54. The molecule has 1 aliphatic heterocycles. The first-order valence-electron chi connectivity index (χ1n) is 7.08. The first-order chi connectivity index (χ1) is 11.6. The first-order valence-corrected chi connectivity index (χ1v) is 7.08. The number of aliphatic imine (C=N–C) groups is 1. The fraction of sp³-hybridized carbons (Fsp3) is 0.400. The van der Waals surface area contributed by atoms with Gasteiger partial charge in [-0.3, -0.25) is 4.79 Å². The lowest BCUT2D eigenvalue weighted by molar-refractivity contribution is -0.188. The molecular weight excluding hydrogens is 345 g/mol. The molecule has 1 aromatic carbocycles. The summed E-state index contributed by atoms with van der Waals surface area (Å²) in [6, 6.07) is 2.29. The van der Waals surface area contributed by atoms with E-state index in [-0.39, 0.29) is 17.2 Å². The van der Waals surface area contributed by atoms with Crippen LogP contribution in [0.25, 0.3) is 0 Å². The smallest absolute Gasteiger partial charge is 0.422 e. The number of aromatic hydroxyl groups is 1. The van der Waals surface area contributed by atoms with Gasteiger partial charge >= 0.3 is 18.2 Å². The average molecular weight is 360 g/mol. The summed E-state index contributed by atoms with van der Waals surface area (Å²) in [6.07, 6.45) is -4.67. The number of esters is 1. The Bertz CT molecular complexity index is 718. The maximum Gasteiger partial charge on any atom is 0.422 e. The lowest BCUT2D eigenvalue weighted by Crippen LogP contribution is -2.44. The monoisotopic (exact) mass is 360 g/mol. The molecule has 2 N–H and O–H groups in total. The number of ether oxygens (including phenoxy) is 2. The second-order valence-electron chi connectivity index (χ2n) is 5.31. The number of phenolic OH excluding ortho intramolecular Hbond substituents is 1. The van der Waals surface area contributed by atoms with Crippen molar-refractivity contribution in [2.75, 3.05) is 13.7 Å². The molecule has 7 nitrogen and oxygen atoms in total. The van der Waals surface area contributed by atoms with Crippen molar-refractivity contribution in [2.24, 2.45) is 10.9 Å².